The van der Waals surface area contributed by atoms with E-state index in [1.54, 1.807) is 0 Å². The Morgan fingerprint density at radius 2 is 1.61 bits per heavy atom. The fraction of sp³-hybridized carbons (Fsp3) is 0.297. The Hall–Kier alpha value is -5.75. The molecule has 3 aromatic carbocycles. The summed E-state index contributed by atoms with van der Waals surface area (Å²) in [4.78, 5) is 45.0. The molecule has 3 atom stereocenters. The van der Waals surface area contributed by atoms with Crippen LogP contribution < -0.4 is 16.0 Å². The minimum absolute atomic E-state index is 0.0919. The van der Waals surface area contributed by atoms with Gasteiger partial charge in [0.1, 0.15) is 17.6 Å². The highest BCUT2D eigenvalue weighted by atomic mass is 32.2. The second-order valence-corrected chi connectivity index (χ2v) is 15.3. The van der Waals surface area contributed by atoms with Crippen molar-refractivity contribution in [1.82, 2.24) is 20.6 Å². The monoisotopic (exact) mass is 814 g/mol. The number of nitriles is 1. The second kappa shape index (κ2) is 19.9. The third-order valence-corrected chi connectivity index (χ3v) is 9.88. The van der Waals surface area contributed by atoms with Gasteiger partial charge >= 0.3 is 13.3 Å². The van der Waals surface area contributed by atoms with E-state index in [2.05, 4.69) is 20.6 Å². The summed E-state index contributed by atoms with van der Waals surface area (Å²) in [5.41, 5.74) is -3.92. The van der Waals surface area contributed by atoms with Crippen LogP contribution >= 0.6 is 0 Å². The molecule has 0 unspecified atom stereocenters. The van der Waals surface area contributed by atoms with Gasteiger partial charge in [0.15, 0.2) is 15.4 Å². The minimum Gasteiger partial charge on any atom is -0.426 e. The number of hydrogen-bond donors (Lipinski definition) is 6. The summed E-state index contributed by atoms with van der Waals surface area (Å²) in [5, 5.41) is 45.5. The Balaban J connectivity index is 0.000000306. The summed E-state index contributed by atoms with van der Waals surface area (Å²) in [6.45, 7) is 4.70. The van der Waals surface area contributed by atoms with E-state index in [-0.39, 0.29) is 28.6 Å². The third kappa shape index (κ3) is 14.1. The van der Waals surface area contributed by atoms with Crippen molar-refractivity contribution in [2.24, 2.45) is 5.92 Å². The van der Waals surface area contributed by atoms with Crippen LogP contribution in [0.2, 0.25) is 0 Å². The zero-order valence-electron chi connectivity index (χ0n) is 30.7. The molecule has 0 fully saturated rings. The lowest BCUT2D eigenvalue weighted by molar-refractivity contribution is -0.138. The molecule has 0 bridgehead atoms. The standard InChI is InChI=1S/C19H25BN4O4.C18H14F4N2O4S/c1-13(2)10-17(20(27)28)24-18(25)15(11-14-6-4-3-5-7-14)23-19(26)16-12-21-8-9-22-16;1-17(26,10-29(27,28)14-6-3-12(19)4-7-14)16(25)24-13-5-2-11(9-23)15(8-13)18(20,21)22/h3-9,12-13,15,17,27-28H,10-11H2,1-2H3,(H,23,26)(H,24,25);2-8,26H,10H2,1H3,(H,24,25)/t15-,17-;17-/m00/s1. The lowest BCUT2D eigenvalue weighted by Gasteiger charge is -2.24. The molecule has 0 radical (unpaired) electrons. The number of nitrogens with one attached hydrogen (secondary N) is 3. The van der Waals surface area contributed by atoms with Gasteiger partial charge in [-0.05, 0) is 67.3 Å². The molecule has 0 aliphatic rings. The summed E-state index contributed by atoms with van der Waals surface area (Å²) < 4.78 is 76.6. The highest BCUT2D eigenvalue weighted by Gasteiger charge is 2.38. The van der Waals surface area contributed by atoms with Gasteiger partial charge in [0.25, 0.3) is 11.8 Å². The molecule has 1 aromatic heterocycles. The zero-order valence-corrected chi connectivity index (χ0v) is 31.6. The van der Waals surface area contributed by atoms with Crippen LogP contribution in [-0.2, 0) is 32.0 Å². The van der Waals surface area contributed by atoms with Crippen LogP contribution in [0.3, 0.4) is 0 Å². The molecule has 3 amide bonds. The highest BCUT2D eigenvalue weighted by molar-refractivity contribution is 7.91. The Labute approximate surface area is 326 Å². The molecular formula is C37H39BF4N6O8S. The Morgan fingerprint density at radius 1 is 0.965 bits per heavy atom. The van der Waals surface area contributed by atoms with Gasteiger partial charge in [0, 0.05) is 24.5 Å². The molecule has 6 N–H and O–H groups in total. The summed E-state index contributed by atoms with van der Waals surface area (Å²) in [6, 6.07) is 15.7. The summed E-state index contributed by atoms with van der Waals surface area (Å²) >= 11 is 0. The van der Waals surface area contributed by atoms with Gasteiger partial charge in [0.2, 0.25) is 5.91 Å². The van der Waals surface area contributed by atoms with Crippen molar-refractivity contribution in [3.8, 4) is 6.07 Å². The van der Waals surface area contributed by atoms with Gasteiger partial charge in [-0.2, -0.15) is 18.4 Å². The number of anilines is 1. The van der Waals surface area contributed by atoms with Gasteiger partial charge in [0.05, 0.1) is 40.0 Å². The van der Waals surface area contributed by atoms with Crippen LogP contribution in [0, 0.1) is 23.1 Å². The van der Waals surface area contributed by atoms with Crippen LogP contribution in [0.4, 0.5) is 23.2 Å². The maximum Gasteiger partial charge on any atom is 0.475 e. The third-order valence-electron chi connectivity index (χ3n) is 7.95. The number of rotatable bonds is 14. The molecule has 0 aliphatic carbocycles. The molecule has 14 nitrogen and oxygen atoms in total. The largest absolute Gasteiger partial charge is 0.475 e. The molecule has 20 heteroatoms. The van der Waals surface area contributed by atoms with Gasteiger partial charge < -0.3 is 31.1 Å². The number of alkyl halides is 3. The van der Waals surface area contributed by atoms with Crippen molar-refractivity contribution >= 4 is 40.4 Å². The van der Waals surface area contributed by atoms with Crippen LogP contribution in [0.25, 0.3) is 0 Å². The molecule has 302 valence electrons. The number of sulfone groups is 1. The van der Waals surface area contributed by atoms with Crippen molar-refractivity contribution < 1.29 is 55.5 Å². The van der Waals surface area contributed by atoms with Crippen molar-refractivity contribution in [2.45, 2.75) is 62.3 Å². The van der Waals surface area contributed by atoms with Gasteiger partial charge in [-0.15, -0.1) is 0 Å². The van der Waals surface area contributed by atoms with Crippen LogP contribution in [0.15, 0.2) is 96.3 Å². The normalized spacial score (nSPS) is 13.4. The van der Waals surface area contributed by atoms with Crippen molar-refractivity contribution in [1.29, 1.82) is 5.26 Å². The predicted octanol–water partition coefficient (Wildman–Crippen LogP) is 3.24. The molecule has 4 rings (SSSR count). The fourth-order valence-electron chi connectivity index (χ4n) is 5.13. The number of hydrogen-bond acceptors (Lipinski definition) is 11. The summed E-state index contributed by atoms with van der Waals surface area (Å²) in [7, 11) is -5.91. The van der Waals surface area contributed by atoms with Gasteiger partial charge in [-0.1, -0.05) is 44.2 Å². The average molecular weight is 815 g/mol. The van der Waals surface area contributed by atoms with E-state index < -0.39 is 81.1 Å². The lowest BCUT2D eigenvalue weighted by Crippen LogP contribution is -2.55. The van der Waals surface area contributed by atoms with E-state index in [1.165, 1.54) is 24.7 Å². The topological polar surface area (TPSA) is 232 Å². The molecule has 4 aromatic rings. The number of amides is 3. The summed E-state index contributed by atoms with van der Waals surface area (Å²) in [5.74, 6) is -4.78. The number of benzene rings is 3. The smallest absolute Gasteiger partial charge is 0.426 e. The zero-order chi connectivity index (χ0) is 42.6. The number of aliphatic hydroxyl groups is 1. The number of carbonyl (C=O) groups excluding carboxylic acids is 3. The van der Waals surface area contributed by atoms with E-state index >= 15 is 0 Å². The van der Waals surface area contributed by atoms with E-state index in [0.29, 0.717) is 12.5 Å². The quantitative estimate of drug-likeness (QED) is 0.0615. The first-order valence-corrected chi connectivity index (χ1v) is 18.7. The summed E-state index contributed by atoms with van der Waals surface area (Å²) in [6.07, 6.45) is -0.0771. The lowest BCUT2D eigenvalue weighted by atomic mass is 9.75. The molecule has 0 saturated heterocycles. The maximum absolute atomic E-state index is 13.0. The number of aromatic nitrogens is 2. The minimum atomic E-state index is -4.86. The van der Waals surface area contributed by atoms with Crippen LogP contribution in [0.5, 0.6) is 0 Å². The van der Waals surface area contributed by atoms with E-state index in [0.717, 1.165) is 48.9 Å². The van der Waals surface area contributed by atoms with E-state index in [9.17, 15) is 55.5 Å². The number of nitrogens with zero attached hydrogens (tertiary/aromatic N) is 3. The molecule has 0 saturated carbocycles. The Kier molecular flexibility index (Phi) is 15.9. The van der Waals surface area contributed by atoms with E-state index in [1.807, 2.05) is 49.5 Å². The first kappa shape index (κ1) is 45.6. The van der Waals surface area contributed by atoms with Crippen molar-refractivity contribution in [3.05, 3.63) is 120 Å². The first-order valence-electron chi connectivity index (χ1n) is 17.0. The van der Waals surface area contributed by atoms with Gasteiger partial charge in [-0.3, -0.25) is 19.4 Å². The molecule has 57 heavy (non-hydrogen) atoms. The predicted molar refractivity (Wildman–Crippen MR) is 199 cm³/mol. The molecule has 1 heterocycles. The van der Waals surface area contributed by atoms with Crippen molar-refractivity contribution in [2.75, 3.05) is 11.1 Å². The Bertz CT molecular complexity index is 2140. The maximum atomic E-state index is 13.0. The molecular weight excluding hydrogens is 775 g/mol. The number of carbonyl (C=O) groups is 3. The fourth-order valence-corrected chi connectivity index (χ4v) is 6.72. The second-order valence-electron chi connectivity index (χ2n) is 13.3. The highest BCUT2D eigenvalue weighted by Crippen LogP contribution is 2.34. The molecule has 0 spiro atoms. The average Bonchev–Trinajstić information content (AvgIpc) is 3.14. The van der Waals surface area contributed by atoms with Crippen LogP contribution in [-0.4, -0.2) is 81.7 Å². The number of halogens is 4. The first-order chi connectivity index (χ1) is 26.6. The Morgan fingerprint density at radius 3 is 2.16 bits per heavy atom. The van der Waals surface area contributed by atoms with Crippen LogP contribution in [0.1, 0.15) is 54.4 Å². The van der Waals surface area contributed by atoms with Gasteiger partial charge in [-0.25, -0.2) is 17.8 Å². The van der Waals surface area contributed by atoms with Crippen molar-refractivity contribution in [3.63, 3.8) is 0 Å². The SMILES string of the molecule is CC(C)C[C@H](NC(=O)[C@H](Cc1ccccc1)NC(=O)c1cnccn1)B(O)O.C[C@](O)(CS(=O)(=O)c1ccc(F)cc1)C(=O)Nc1ccc(C#N)c(C(F)(F)F)c1. The van der Waals surface area contributed by atoms with E-state index in [4.69, 9.17) is 5.26 Å². The molecule has 0 aliphatic heterocycles.